The van der Waals surface area contributed by atoms with Gasteiger partial charge in [-0.05, 0) is 31.9 Å². The molecule has 1 aromatic rings. The lowest BCUT2D eigenvalue weighted by Crippen LogP contribution is -2.41. The Morgan fingerprint density at radius 3 is 2.67 bits per heavy atom. The molecule has 0 saturated heterocycles. The summed E-state index contributed by atoms with van der Waals surface area (Å²) in [6, 6.07) is 3.88. The maximum Gasteiger partial charge on any atom is 0.289 e. The fourth-order valence-corrected chi connectivity index (χ4v) is 2.81. The van der Waals surface area contributed by atoms with Crippen molar-refractivity contribution in [2.24, 2.45) is 0 Å². The van der Waals surface area contributed by atoms with Crippen LogP contribution in [0.3, 0.4) is 0 Å². The number of rotatable bonds is 4. The number of furan rings is 1. The van der Waals surface area contributed by atoms with Gasteiger partial charge in [0, 0.05) is 12.6 Å². The molecule has 0 unspecified atom stereocenters. The van der Waals surface area contributed by atoms with Gasteiger partial charge < -0.3 is 9.32 Å². The van der Waals surface area contributed by atoms with Gasteiger partial charge in [-0.1, -0.05) is 19.3 Å². The molecule has 1 saturated carbocycles. The predicted octanol–water partition coefficient (Wildman–Crippen LogP) is 3.81. The van der Waals surface area contributed by atoms with Gasteiger partial charge in [0.05, 0.1) is 5.88 Å². The van der Waals surface area contributed by atoms with Crippen LogP contribution in [0, 0.1) is 0 Å². The molecule has 1 aliphatic rings. The lowest BCUT2D eigenvalue weighted by atomic mass is 9.94. The highest BCUT2D eigenvalue weighted by Crippen LogP contribution is 2.24. The van der Waals surface area contributed by atoms with Gasteiger partial charge in [0.25, 0.3) is 5.91 Å². The van der Waals surface area contributed by atoms with Crippen LogP contribution < -0.4 is 0 Å². The Kier molecular flexibility index (Phi) is 4.70. The molecule has 0 bridgehead atoms. The third-order valence-corrected chi connectivity index (χ3v) is 3.88. The van der Waals surface area contributed by atoms with E-state index in [4.69, 9.17) is 16.0 Å². The number of carbonyl (C=O) groups is 1. The first-order chi connectivity index (χ1) is 8.76. The third-order valence-electron chi connectivity index (χ3n) is 3.62. The fourth-order valence-electron chi connectivity index (χ4n) is 2.67. The Bertz CT molecular complexity index is 396. The Morgan fingerprint density at radius 2 is 2.11 bits per heavy atom. The largest absolute Gasteiger partial charge is 0.455 e. The zero-order valence-corrected chi connectivity index (χ0v) is 11.6. The van der Waals surface area contributed by atoms with Crippen molar-refractivity contribution in [3.05, 3.63) is 23.7 Å². The molecule has 0 N–H and O–H groups in total. The number of nitrogens with zero attached hydrogens (tertiary/aromatic N) is 1. The monoisotopic (exact) mass is 269 g/mol. The summed E-state index contributed by atoms with van der Waals surface area (Å²) in [7, 11) is 0. The molecule has 1 aromatic heterocycles. The summed E-state index contributed by atoms with van der Waals surface area (Å²) in [6.07, 6.45) is 5.96. The Morgan fingerprint density at radius 1 is 1.39 bits per heavy atom. The van der Waals surface area contributed by atoms with E-state index in [1.165, 1.54) is 19.3 Å². The zero-order chi connectivity index (χ0) is 13.0. The van der Waals surface area contributed by atoms with E-state index in [0.29, 0.717) is 23.4 Å². The smallest absolute Gasteiger partial charge is 0.289 e. The van der Waals surface area contributed by atoms with Crippen LogP contribution in [-0.2, 0) is 5.88 Å². The van der Waals surface area contributed by atoms with Crippen molar-refractivity contribution in [3.63, 3.8) is 0 Å². The number of carbonyl (C=O) groups excluding carboxylic acids is 1. The maximum absolute atomic E-state index is 12.4. The quantitative estimate of drug-likeness (QED) is 0.779. The highest BCUT2D eigenvalue weighted by molar-refractivity contribution is 6.16. The van der Waals surface area contributed by atoms with Gasteiger partial charge in [-0.25, -0.2) is 0 Å². The van der Waals surface area contributed by atoms with E-state index in [9.17, 15) is 4.79 Å². The number of alkyl halides is 1. The molecule has 3 nitrogen and oxygen atoms in total. The van der Waals surface area contributed by atoms with Crippen LogP contribution in [0.2, 0.25) is 0 Å². The fraction of sp³-hybridized carbons (Fsp3) is 0.643. The molecule has 4 heteroatoms. The summed E-state index contributed by atoms with van der Waals surface area (Å²) < 4.78 is 5.45. The number of halogens is 1. The second-order valence-electron chi connectivity index (χ2n) is 4.78. The standard InChI is InChI=1S/C14H20ClNO2/c1-2-16(11-6-4-3-5-7-11)14(17)13-9-8-12(10-15)18-13/h8-9,11H,2-7,10H2,1H3. The second kappa shape index (κ2) is 6.28. The predicted molar refractivity (Wildman–Crippen MR) is 71.8 cm³/mol. The van der Waals surface area contributed by atoms with Crippen LogP contribution in [0.4, 0.5) is 0 Å². The minimum atomic E-state index is 0.000710. The lowest BCUT2D eigenvalue weighted by Gasteiger charge is -2.33. The molecule has 100 valence electrons. The first kappa shape index (κ1) is 13.5. The van der Waals surface area contributed by atoms with Crippen molar-refractivity contribution in [2.45, 2.75) is 50.9 Å². The summed E-state index contributed by atoms with van der Waals surface area (Å²) >= 11 is 5.69. The minimum Gasteiger partial charge on any atom is -0.455 e. The van der Waals surface area contributed by atoms with Crippen molar-refractivity contribution in [2.75, 3.05) is 6.54 Å². The van der Waals surface area contributed by atoms with Gasteiger partial charge in [0.2, 0.25) is 0 Å². The lowest BCUT2D eigenvalue weighted by molar-refractivity contribution is 0.0614. The average molecular weight is 270 g/mol. The summed E-state index contributed by atoms with van der Waals surface area (Å²) in [5.41, 5.74) is 0. The van der Waals surface area contributed by atoms with Gasteiger partial charge in [0.1, 0.15) is 5.76 Å². The summed E-state index contributed by atoms with van der Waals surface area (Å²) in [6.45, 7) is 2.76. The molecule has 0 radical (unpaired) electrons. The first-order valence-corrected chi connectivity index (χ1v) is 7.25. The van der Waals surface area contributed by atoms with Gasteiger partial charge in [0.15, 0.2) is 5.76 Å². The Balaban J connectivity index is 2.08. The van der Waals surface area contributed by atoms with Crippen molar-refractivity contribution in [3.8, 4) is 0 Å². The molecule has 0 spiro atoms. The molecule has 2 rings (SSSR count). The van der Waals surface area contributed by atoms with E-state index < -0.39 is 0 Å². The van der Waals surface area contributed by atoms with E-state index in [1.807, 2.05) is 11.8 Å². The highest BCUT2D eigenvalue weighted by Gasteiger charge is 2.26. The van der Waals surface area contributed by atoms with Crippen molar-refractivity contribution < 1.29 is 9.21 Å². The van der Waals surface area contributed by atoms with Crippen LogP contribution in [0.5, 0.6) is 0 Å². The molecule has 1 fully saturated rings. The molecule has 1 heterocycles. The van der Waals surface area contributed by atoms with Gasteiger partial charge >= 0.3 is 0 Å². The molecule has 1 amide bonds. The van der Waals surface area contributed by atoms with Gasteiger partial charge in [-0.2, -0.15) is 0 Å². The Labute approximate surface area is 113 Å². The molecule has 18 heavy (non-hydrogen) atoms. The molecular weight excluding hydrogens is 250 g/mol. The van der Waals surface area contributed by atoms with Crippen LogP contribution in [0.15, 0.2) is 16.5 Å². The van der Waals surface area contributed by atoms with Crippen molar-refractivity contribution in [1.29, 1.82) is 0 Å². The van der Waals surface area contributed by atoms with Crippen LogP contribution in [0.25, 0.3) is 0 Å². The minimum absolute atomic E-state index is 0.000710. The zero-order valence-electron chi connectivity index (χ0n) is 10.8. The van der Waals surface area contributed by atoms with Crippen LogP contribution >= 0.6 is 11.6 Å². The Hall–Kier alpha value is -0.960. The average Bonchev–Trinajstić information content (AvgIpc) is 2.89. The number of amides is 1. The number of hydrogen-bond donors (Lipinski definition) is 0. The van der Waals surface area contributed by atoms with Crippen LogP contribution in [-0.4, -0.2) is 23.4 Å². The van der Waals surface area contributed by atoms with E-state index in [0.717, 1.165) is 19.4 Å². The molecule has 0 atom stereocenters. The normalized spacial score (nSPS) is 16.8. The van der Waals surface area contributed by atoms with Crippen LogP contribution in [0.1, 0.15) is 55.3 Å². The van der Waals surface area contributed by atoms with Crippen molar-refractivity contribution >= 4 is 17.5 Å². The van der Waals surface area contributed by atoms with E-state index in [1.54, 1.807) is 12.1 Å². The second-order valence-corrected chi connectivity index (χ2v) is 5.05. The van der Waals surface area contributed by atoms with E-state index in [-0.39, 0.29) is 5.91 Å². The summed E-state index contributed by atoms with van der Waals surface area (Å²) in [5, 5.41) is 0. The molecule has 1 aliphatic carbocycles. The van der Waals surface area contributed by atoms with Gasteiger partial charge in [-0.3, -0.25) is 4.79 Å². The van der Waals surface area contributed by atoms with Crippen molar-refractivity contribution in [1.82, 2.24) is 4.90 Å². The summed E-state index contributed by atoms with van der Waals surface area (Å²) in [4.78, 5) is 14.3. The van der Waals surface area contributed by atoms with E-state index >= 15 is 0 Å². The van der Waals surface area contributed by atoms with Gasteiger partial charge in [-0.15, -0.1) is 11.6 Å². The third kappa shape index (κ3) is 2.89. The molecule has 0 aromatic carbocycles. The topological polar surface area (TPSA) is 33.5 Å². The van der Waals surface area contributed by atoms with E-state index in [2.05, 4.69) is 0 Å². The maximum atomic E-state index is 12.4. The summed E-state index contributed by atoms with van der Waals surface area (Å²) in [5.74, 6) is 1.38. The first-order valence-electron chi connectivity index (χ1n) is 6.72. The SMILES string of the molecule is CCN(C(=O)c1ccc(CCl)o1)C1CCCCC1. The highest BCUT2D eigenvalue weighted by atomic mass is 35.5. The number of hydrogen-bond acceptors (Lipinski definition) is 2. The molecular formula is C14H20ClNO2. The molecule has 0 aliphatic heterocycles.